The second kappa shape index (κ2) is 3.62. The Morgan fingerprint density at radius 1 is 1.54 bits per heavy atom. The molecule has 0 aliphatic heterocycles. The first-order valence-corrected chi connectivity index (χ1v) is 5.23. The van der Waals surface area contributed by atoms with E-state index in [1.807, 2.05) is 11.8 Å². The molecule has 4 heteroatoms. The highest BCUT2D eigenvalue weighted by Crippen LogP contribution is 2.27. The van der Waals surface area contributed by atoms with Crippen molar-refractivity contribution in [1.29, 1.82) is 0 Å². The zero-order chi connectivity index (χ0) is 10.1. The van der Waals surface area contributed by atoms with Gasteiger partial charge in [0.15, 0.2) is 0 Å². The average molecular weight is 200 g/mol. The molecule has 1 heterocycles. The smallest absolute Gasteiger partial charge is 0.209 e. The minimum Gasteiger partial charge on any atom is -0.493 e. The van der Waals surface area contributed by atoms with Gasteiger partial charge in [-0.05, 0) is 0 Å². The fraction of sp³-hybridized carbons (Fsp3) is 0.667. The lowest BCUT2D eigenvalue weighted by atomic mass is 10.3. The Morgan fingerprint density at radius 2 is 2.15 bits per heavy atom. The van der Waals surface area contributed by atoms with Crippen LogP contribution in [0.3, 0.4) is 0 Å². The van der Waals surface area contributed by atoms with Gasteiger partial charge in [-0.25, -0.2) is 4.68 Å². The van der Waals surface area contributed by atoms with Crippen molar-refractivity contribution in [2.24, 2.45) is 7.05 Å². The molecule has 0 aliphatic rings. The van der Waals surface area contributed by atoms with Gasteiger partial charge in [-0.3, -0.25) is 0 Å². The fourth-order valence-corrected chi connectivity index (χ4v) is 1.60. The summed E-state index contributed by atoms with van der Waals surface area (Å²) >= 11 is 1.82. The average Bonchev–Trinajstić information content (AvgIpc) is 2.27. The Bertz CT molecular complexity index is 269. The lowest BCUT2D eigenvalue weighted by Gasteiger charge is -2.16. The molecular weight excluding hydrogens is 184 g/mol. The summed E-state index contributed by atoms with van der Waals surface area (Å²) in [7, 11) is 1.74. The van der Waals surface area contributed by atoms with Crippen molar-refractivity contribution in [2.45, 2.75) is 31.3 Å². The lowest BCUT2D eigenvalue weighted by Crippen LogP contribution is -2.07. The van der Waals surface area contributed by atoms with Gasteiger partial charge in [0.1, 0.15) is 0 Å². The third-order valence-corrected chi connectivity index (χ3v) is 2.86. The van der Waals surface area contributed by atoms with Crippen LogP contribution in [0.2, 0.25) is 0 Å². The molecule has 0 radical (unpaired) electrons. The van der Waals surface area contributed by atoms with E-state index in [1.54, 1.807) is 13.1 Å². The van der Waals surface area contributed by atoms with Crippen LogP contribution in [0.15, 0.2) is 6.07 Å². The molecular formula is C9H16N2OS. The molecule has 0 unspecified atom stereocenters. The number of nitrogens with zero attached hydrogens (tertiary/aromatic N) is 2. The van der Waals surface area contributed by atoms with Crippen LogP contribution in [0.4, 0.5) is 0 Å². The zero-order valence-electron chi connectivity index (χ0n) is 8.53. The minimum atomic E-state index is 0.226. The van der Waals surface area contributed by atoms with Crippen LogP contribution in [-0.2, 0) is 12.8 Å². The summed E-state index contributed by atoms with van der Waals surface area (Å²) in [5.41, 5.74) is 0.930. The summed E-state index contributed by atoms with van der Waals surface area (Å²) in [6.07, 6.45) is 0. The van der Waals surface area contributed by atoms with Crippen molar-refractivity contribution in [3.05, 3.63) is 11.8 Å². The van der Waals surface area contributed by atoms with Gasteiger partial charge < -0.3 is 5.11 Å². The molecule has 0 aliphatic carbocycles. The molecule has 3 nitrogen and oxygen atoms in total. The number of rotatable bonds is 2. The highest BCUT2D eigenvalue weighted by Gasteiger charge is 2.12. The fourth-order valence-electron chi connectivity index (χ4n) is 0.876. The normalized spacial score (nSPS) is 12.0. The zero-order valence-corrected chi connectivity index (χ0v) is 9.35. The summed E-state index contributed by atoms with van der Waals surface area (Å²) in [6, 6.07) is 1.71. The van der Waals surface area contributed by atoms with Gasteiger partial charge >= 0.3 is 0 Å². The van der Waals surface area contributed by atoms with E-state index in [-0.39, 0.29) is 10.6 Å². The molecule has 0 fully saturated rings. The van der Waals surface area contributed by atoms with E-state index >= 15 is 0 Å². The van der Waals surface area contributed by atoms with Gasteiger partial charge in [0.2, 0.25) is 5.88 Å². The summed E-state index contributed by atoms with van der Waals surface area (Å²) < 4.78 is 1.73. The monoisotopic (exact) mass is 200 g/mol. The van der Waals surface area contributed by atoms with Gasteiger partial charge in [-0.2, -0.15) is 5.10 Å². The molecule has 0 aromatic carbocycles. The van der Waals surface area contributed by atoms with Crippen molar-refractivity contribution in [3.8, 4) is 5.88 Å². The third kappa shape index (κ3) is 3.30. The number of aromatic nitrogens is 2. The lowest BCUT2D eigenvalue weighted by molar-refractivity contribution is 0.419. The van der Waals surface area contributed by atoms with E-state index in [2.05, 4.69) is 25.9 Å². The largest absolute Gasteiger partial charge is 0.493 e. The van der Waals surface area contributed by atoms with Crippen molar-refractivity contribution in [3.63, 3.8) is 0 Å². The van der Waals surface area contributed by atoms with Crippen LogP contribution in [0.5, 0.6) is 5.88 Å². The first kappa shape index (κ1) is 10.4. The SMILES string of the molecule is Cn1nc(CSC(C)(C)C)cc1O. The Hall–Kier alpha value is -0.640. The molecule has 1 aromatic heterocycles. The number of aromatic hydroxyl groups is 1. The Balaban J connectivity index is 2.56. The summed E-state index contributed by atoms with van der Waals surface area (Å²) in [6.45, 7) is 6.50. The molecule has 0 spiro atoms. The van der Waals surface area contributed by atoms with E-state index < -0.39 is 0 Å². The Labute approximate surface area is 83.1 Å². The predicted octanol–water partition coefficient (Wildman–Crippen LogP) is 2.16. The first-order valence-electron chi connectivity index (χ1n) is 4.24. The molecule has 1 aromatic rings. The van der Waals surface area contributed by atoms with E-state index in [4.69, 9.17) is 0 Å². The quantitative estimate of drug-likeness (QED) is 0.795. The molecule has 0 saturated carbocycles. The van der Waals surface area contributed by atoms with Gasteiger partial charge in [-0.1, -0.05) is 20.8 Å². The summed E-state index contributed by atoms with van der Waals surface area (Å²) in [5, 5.41) is 13.4. The molecule has 0 bridgehead atoms. The van der Waals surface area contributed by atoms with Crippen LogP contribution in [0.1, 0.15) is 26.5 Å². The molecule has 0 saturated heterocycles. The van der Waals surface area contributed by atoms with Crippen LogP contribution < -0.4 is 0 Å². The second-order valence-corrected chi connectivity index (χ2v) is 5.82. The molecule has 1 N–H and O–H groups in total. The van der Waals surface area contributed by atoms with Crippen LogP contribution in [0, 0.1) is 0 Å². The van der Waals surface area contributed by atoms with Crippen LogP contribution >= 0.6 is 11.8 Å². The highest BCUT2D eigenvalue weighted by atomic mass is 32.2. The van der Waals surface area contributed by atoms with Gasteiger partial charge in [-0.15, -0.1) is 11.8 Å². The van der Waals surface area contributed by atoms with Crippen LogP contribution in [0.25, 0.3) is 0 Å². The first-order chi connectivity index (χ1) is 5.88. The number of hydrogen-bond donors (Lipinski definition) is 1. The van der Waals surface area contributed by atoms with Gasteiger partial charge in [0.05, 0.1) is 5.69 Å². The Morgan fingerprint density at radius 3 is 2.54 bits per heavy atom. The maximum Gasteiger partial charge on any atom is 0.209 e. The molecule has 0 amide bonds. The topological polar surface area (TPSA) is 38.0 Å². The van der Waals surface area contributed by atoms with E-state index in [9.17, 15) is 5.11 Å². The maximum absolute atomic E-state index is 9.26. The van der Waals surface area contributed by atoms with E-state index in [1.165, 1.54) is 4.68 Å². The minimum absolute atomic E-state index is 0.226. The van der Waals surface area contributed by atoms with Crippen molar-refractivity contribution < 1.29 is 5.11 Å². The van der Waals surface area contributed by atoms with Gasteiger partial charge in [0.25, 0.3) is 0 Å². The molecule has 1 rings (SSSR count). The summed E-state index contributed by atoms with van der Waals surface area (Å²) in [4.78, 5) is 0. The predicted molar refractivity (Wildman–Crippen MR) is 55.9 cm³/mol. The van der Waals surface area contributed by atoms with Gasteiger partial charge in [0, 0.05) is 23.6 Å². The Kier molecular flexibility index (Phi) is 2.91. The maximum atomic E-state index is 9.26. The standard InChI is InChI=1S/C9H16N2OS/c1-9(2,3)13-6-7-5-8(12)11(4)10-7/h5,12H,6H2,1-4H3. The molecule has 13 heavy (non-hydrogen) atoms. The number of hydrogen-bond acceptors (Lipinski definition) is 3. The summed E-state index contributed by atoms with van der Waals surface area (Å²) in [5.74, 6) is 1.07. The number of aryl methyl sites for hydroxylation is 1. The number of thioether (sulfide) groups is 1. The van der Waals surface area contributed by atoms with Crippen molar-refractivity contribution >= 4 is 11.8 Å². The third-order valence-electron chi connectivity index (χ3n) is 1.56. The van der Waals surface area contributed by atoms with Crippen molar-refractivity contribution in [2.75, 3.05) is 0 Å². The second-order valence-electron chi connectivity index (χ2n) is 4.02. The highest BCUT2D eigenvalue weighted by molar-refractivity contribution is 7.99. The van der Waals surface area contributed by atoms with E-state index in [0.29, 0.717) is 0 Å². The molecule has 74 valence electrons. The van der Waals surface area contributed by atoms with Crippen molar-refractivity contribution in [1.82, 2.24) is 9.78 Å². The van der Waals surface area contributed by atoms with Crippen LogP contribution in [-0.4, -0.2) is 19.6 Å². The van der Waals surface area contributed by atoms with E-state index in [0.717, 1.165) is 11.4 Å². The molecule has 0 atom stereocenters.